The van der Waals surface area contributed by atoms with Gasteiger partial charge < -0.3 is 4.90 Å². The molecule has 1 heterocycles. The lowest BCUT2D eigenvalue weighted by Gasteiger charge is -2.25. The van der Waals surface area contributed by atoms with Crippen molar-refractivity contribution in [2.45, 2.75) is 6.42 Å². The van der Waals surface area contributed by atoms with E-state index in [9.17, 15) is 8.42 Å². The molecule has 0 unspecified atom stereocenters. The molecule has 78 valence electrons. The second kappa shape index (κ2) is 5.19. The van der Waals surface area contributed by atoms with Crippen molar-refractivity contribution in [2.24, 2.45) is 0 Å². The van der Waals surface area contributed by atoms with E-state index < -0.39 is 10.1 Å². The van der Waals surface area contributed by atoms with Gasteiger partial charge in [0.2, 0.25) is 0 Å². The quantitative estimate of drug-likeness (QED) is 0.698. The van der Waals surface area contributed by atoms with Crippen LogP contribution in [0.15, 0.2) is 0 Å². The van der Waals surface area contributed by atoms with E-state index in [0.29, 0.717) is 6.42 Å². The normalized spacial score (nSPS) is 20.4. The molecule has 1 saturated heterocycles. The van der Waals surface area contributed by atoms with Crippen molar-refractivity contribution in [3.8, 4) is 0 Å². The molecule has 1 aliphatic heterocycles. The van der Waals surface area contributed by atoms with E-state index >= 15 is 0 Å². The summed E-state index contributed by atoms with van der Waals surface area (Å²) in [5.41, 5.74) is 0. The zero-order valence-corrected chi connectivity index (χ0v) is 9.11. The van der Waals surface area contributed by atoms with Gasteiger partial charge in [-0.15, -0.1) is 0 Å². The minimum atomic E-state index is -3.76. The first-order valence-corrected chi connectivity index (χ1v) is 7.09. The summed E-state index contributed by atoms with van der Waals surface area (Å²) in [5, 5.41) is 0. The van der Waals surface area contributed by atoms with Gasteiger partial charge in [-0.25, -0.2) is 0 Å². The van der Waals surface area contributed by atoms with Crippen LogP contribution in [0.25, 0.3) is 0 Å². The fourth-order valence-corrected chi connectivity index (χ4v) is 2.77. The number of hydrogen-bond acceptors (Lipinski definition) is 4. The SMILES string of the molecule is O=S(=O)(O)CCCN1CCSCC1. The maximum Gasteiger partial charge on any atom is 0.264 e. The number of hydrogen-bond donors (Lipinski definition) is 1. The Bertz CT molecular complexity index is 234. The van der Waals surface area contributed by atoms with Crippen LogP contribution >= 0.6 is 11.8 Å². The third kappa shape index (κ3) is 5.51. The molecular weight excluding hydrogens is 210 g/mol. The Balaban J connectivity index is 2.11. The van der Waals surface area contributed by atoms with Gasteiger partial charge in [0, 0.05) is 24.6 Å². The molecular formula is C7H15NO3S2. The van der Waals surface area contributed by atoms with Crippen LogP contribution in [-0.4, -0.2) is 54.8 Å². The molecule has 0 radical (unpaired) electrons. The summed E-state index contributed by atoms with van der Waals surface area (Å²) in [4.78, 5) is 2.24. The summed E-state index contributed by atoms with van der Waals surface area (Å²) in [7, 11) is -3.76. The molecule has 0 amide bonds. The van der Waals surface area contributed by atoms with Crippen LogP contribution in [0.1, 0.15) is 6.42 Å². The highest BCUT2D eigenvalue weighted by Crippen LogP contribution is 2.09. The van der Waals surface area contributed by atoms with E-state index in [0.717, 1.165) is 31.1 Å². The molecule has 0 bridgehead atoms. The molecule has 0 aromatic rings. The van der Waals surface area contributed by atoms with Crippen molar-refractivity contribution in [1.82, 2.24) is 4.90 Å². The lowest BCUT2D eigenvalue weighted by molar-refractivity contribution is 0.302. The summed E-state index contributed by atoms with van der Waals surface area (Å²) < 4.78 is 29.3. The molecule has 0 saturated carbocycles. The monoisotopic (exact) mass is 225 g/mol. The molecule has 0 spiro atoms. The van der Waals surface area contributed by atoms with Crippen molar-refractivity contribution in [1.29, 1.82) is 0 Å². The molecule has 0 aromatic heterocycles. The van der Waals surface area contributed by atoms with Crippen LogP contribution in [0, 0.1) is 0 Å². The van der Waals surface area contributed by atoms with Gasteiger partial charge in [0.15, 0.2) is 0 Å². The zero-order chi connectivity index (χ0) is 9.73. The lowest BCUT2D eigenvalue weighted by Crippen LogP contribution is -2.34. The summed E-state index contributed by atoms with van der Waals surface area (Å²) in [6.45, 7) is 2.85. The third-order valence-corrected chi connectivity index (χ3v) is 3.73. The number of rotatable bonds is 4. The lowest BCUT2D eigenvalue weighted by atomic mass is 10.4. The van der Waals surface area contributed by atoms with Crippen molar-refractivity contribution in [2.75, 3.05) is 36.9 Å². The van der Waals surface area contributed by atoms with Crippen LogP contribution in [-0.2, 0) is 10.1 Å². The van der Waals surface area contributed by atoms with Crippen LogP contribution in [0.2, 0.25) is 0 Å². The van der Waals surface area contributed by atoms with Crippen molar-refractivity contribution >= 4 is 21.9 Å². The molecule has 1 N–H and O–H groups in total. The van der Waals surface area contributed by atoms with Gasteiger partial charge in [0.25, 0.3) is 10.1 Å². The minimum Gasteiger partial charge on any atom is -0.302 e. The Morgan fingerprint density at radius 1 is 1.31 bits per heavy atom. The topological polar surface area (TPSA) is 57.6 Å². The Hall–Kier alpha value is 0.220. The first kappa shape index (κ1) is 11.3. The average Bonchev–Trinajstić information content (AvgIpc) is 2.04. The van der Waals surface area contributed by atoms with E-state index in [-0.39, 0.29) is 5.75 Å². The Kier molecular flexibility index (Phi) is 4.51. The molecule has 4 nitrogen and oxygen atoms in total. The predicted octanol–water partition coefficient (Wildman–Crippen LogP) is 0.313. The van der Waals surface area contributed by atoms with Crippen molar-refractivity contribution in [3.05, 3.63) is 0 Å². The minimum absolute atomic E-state index is 0.114. The second-order valence-corrected chi connectivity index (χ2v) is 5.89. The average molecular weight is 225 g/mol. The summed E-state index contributed by atoms with van der Waals surface area (Å²) >= 11 is 1.93. The number of nitrogens with zero attached hydrogens (tertiary/aromatic N) is 1. The first-order valence-electron chi connectivity index (χ1n) is 4.33. The Labute approximate surface area is 83.4 Å². The molecule has 0 aliphatic carbocycles. The molecule has 13 heavy (non-hydrogen) atoms. The van der Waals surface area contributed by atoms with Crippen LogP contribution in [0.4, 0.5) is 0 Å². The largest absolute Gasteiger partial charge is 0.302 e. The number of thioether (sulfide) groups is 1. The summed E-state index contributed by atoms with van der Waals surface area (Å²) in [5.74, 6) is 2.15. The Morgan fingerprint density at radius 3 is 2.46 bits per heavy atom. The third-order valence-electron chi connectivity index (χ3n) is 1.98. The van der Waals surface area contributed by atoms with Gasteiger partial charge in [-0.3, -0.25) is 4.55 Å². The van der Waals surface area contributed by atoms with Crippen LogP contribution in [0.3, 0.4) is 0 Å². The van der Waals surface area contributed by atoms with Gasteiger partial charge in [0.05, 0.1) is 5.75 Å². The Morgan fingerprint density at radius 2 is 1.92 bits per heavy atom. The highest BCUT2D eigenvalue weighted by Gasteiger charge is 2.11. The van der Waals surface area contributed by atoms with E-state index in [1.54, 1.807) is 0 Å². The smallest absolute Gasteiger partial charge is 0.264 e. The van der Waals surface area contributed by atoms with Gasteiger partial charge in [0.1, 0.15) is 0 Å². The maximum atomic E-state index is 10.4. The highest BCUT2D eigenvalue weighted by molar-refractivity contribution is 7.99. The van der Waals surface area contributed by atoms with Crippen molar-refractivity contribution in [3.63, 3.8) is 0 Å². The van der Waals surface area contributed by atoms with Crippen molar-refractivity contribution < 1.29 is 13.0 Å². The van der Waals surface area contributed by atoms with Gasteiger partial charge in [-0.1, -0.05) is 0 Å². The maximum absolute atomic E-state index is 10.4. The fourth-order valence-electron chi connectivity index (χ4n) is 1.30. The van der Waals surface area contributed by atoms with Gasteiger partial charge in [-0.2, -0.15) is 20.2 Å². The molecule has 1 aliphatic rings. The summed E-state index contributed by atoms with van der Waals surface area (Å²) in [6.07, 6.45) is 0.531. The molecule has 0 aromatic carbocycles. The molecule has 1 rings (SSSR count). The highest BCUT2D eigenvalue weighted by atomic mass is 32.2. The molecule has 6 heteroatoms. The molecule has 0 atom stereocenters. The van der Waals surface area contributed by atoms with E-state index in [4.69, 9.17) is 4.55 Å². The fraction of sp³-hybridized carbons (Fsp3) is 1.00. The predicted molar refractivity (Wildman–Crippen MR) is 54.8 cm³/mol. The van der Waals surface area contributed by atoms with E-state index in [1.165, 1.54) is 0 Å². The molecule has 1 fully saturated rings. The van der Waals surface area contributed by atoms with Crippen LogP contribution < -0.4 is 0 Å². The first-order chi connectivity index (χ1) is 6.08. The second-order valence-electron chi connectivity index (χ2n) is 3.09. The summed E-state index contributed by atoms with van der Waals surface area (Å²) in [6, 6.07) is 0. The van der Waals surface area contributed by atoms with E-state index in [2.05, 4.69) is 4.90 Å². The van der Waals surface area contributed by atoms with Crippen LogP contribution in [0.5, 0.6) is 0 Å². The van der Waals surface area contributed by atoms with Gasteiger partial charge in [-0.05, 0) is 13.0 Å². The van der Waals surface area contributed by atoms with E-state index in [1.807, 2.05) is 11.8 Å². The standard InChI is InChI=1S/C7H15NO3S2/c9-13(10,11)7-1-2-8-3-5-12-6-4-8/h1-7H2,(H,9,10,11). The zero-order valence-electron chi connectivity index (χ0n) is 7.48. The van der Waals surface area contributed by atoms with Gasteiger partial charge >= 0.3 is 0 Å².